The van der Waals surface area contributed by atoms with Crippen LogP contribution >= 0.6 is 11.3 Å². The molecule has 1 aliphatic rings. The molecule has 0 saturated carbocycles. The second-order valence-electron chi connectivity index (χ2n) is 8.37. The summed E-state index contributed by atoms with van der Waals surface area (Å²) in [5.41, 5.74) is 4.59. The van der Waals surface area contributed by atoms with Crippen LogP contribution in [0.25, 0.3) is 11.1 Å². The number of thiazole rings is 1. The first-order valence-corrected chi connectivity index (χ1v) is 12.3. The summed E-state index contributed by atoms with van der Waals surface area (Å²) in [5.74, 6) is -1.39. The Balaban J connectivity index is 1.28. The minimum Gasteiger partial charge on any atom is -0.476 e. The number of aromatic carboxylic acids is 1. The Bertz CT molecular complexity index is 1210. The Hall–Kier alpha value is -3.72. The molecule has 0 unspecified atom stereocenters. The van der Waals surface area contributed by atoms with E-state index in [2.05, 4.69) is 39.9 Å². The lowest BCUT2D eigenvalue weighted by atomic mass is 9.98. The van der Waals surface area contributed by atoms with Crippen LogP contribution in [-0.4, -0.2) is 40.7 Å². The van der Waals surface area contributed by atoms with Gasteiger partial charge in [0.25, 0.3) is 0 Å². The summed E-state index contributed by atoms with van der Waals surface area (Å²) in [6.07, 6.45) is 0.0710. The lowest BCUT2D eigenvalue weighted by molar-refractivity contribution is -0.121. The summed E-state index contributed by atoms with van der Waals surface area (Å²) < 4.78 is 5.58. The summed E-state index contributed by atoms with van der Waals surface area (Å²) in [6.45, 7) is 3.90. The number of benzene rings is 2. The number of aryl methyl sites for hydroxylation is 1. The van der Waals surface area contributed by atoms with Crippen LogP contribution in [0.15, 0.2) is 48.5 Å². The zero-order valence-corrected chi connectivity index (χ0v) is 20.4. The summed E-state index contributed by atoms with van der Waals surface area (Å²) >= 11 is 1.23. The number of fused-ring (bicyclic) bond motifs is 3. The molecule has 0 aliphatic heterocycles. The van der Waals surface area contributed by atoms with Gasteiger partial charge in [0, 0.05) is 23.3 Å². The second-order valence-corrected chi connectivity index (χ2v) is 9.66. The number of ether oxygens (including phenoxy) is 1. The van der Waals surface area contributed by atoms with Crippen molar-refractivity contribution in [1.29, 1.82) is 0 Å². The molecule has 182 valence electrons. The molecule has 0 bridgehead atoms. The Morgan fingerprint density at radius 3 is 2.29 bits per heavy atom. The first-order valence-electron chi connectivity index (χ1n) is 11.4. The topological polar surface area (TPSA) is 118 Å². The number of amides is 2. The number of hydrogen-bond acceptors (Lipinski definition) is 6. The van der Waals surface area contributed by atoms with Crippen LogP contribution < -0.4 is 10.6 Å². The number of aromatic nitrogens is 1. The van der Waals surface area contributed by atoms with Crippen molar-refractivity contribution in [2.75, 3.05) is 6.61 Å². The van der Waals surface area contributed by atoms with E-state index in [1.165, 1.54) is 11.3 Å². The number of alkyl carbamates (subject to hydrolysis) is 1. The largest absolute Gasteiger partial charge is 0.476 e. The number of nitrogens with zero attached hydrogens (tertiary/aromatic N) is 1. The molecule has 1 aromatic heterocycles. The van der Waals surface area contributed by atoms with Crippen molar-refractivity contribution >= 4 is 29.3 Å². The first kappa shape index (κ1) is 24.4. The van der Waals surface area contributed by atoms with Gasteiger partial charge in [-0.05, 0) is 35.6 Å². The maximum atomic E-state index is 12.5. The summed E-state index contributed by atoms with van der Waals surface area (Å²) in [5, 5.41) is 15.1. The van der Waals surface area contributed by atoms with Crippen molar-refractivity contribution in [3.8, 4) is 11.1 Å². The number of hydrogen-bond donors (Lipinski definition) is 3. The molecule has 3 aromatic rings. The highest BCUT2D eigenvalue weighted by Crippen LogP contribution is 2.44. The van der Waals surface area contributed by atoms with Crippen molar-refractivity contribution < 1.29 is 24.2 Å². The van der Waals surface area contributed by atoms with Gasteiger partial charge in [-0.15, -0.1) is 11.3 Å². The molecule has 1 aliphatic carbocycles. The van der Waals surface area contributed by atoms with E-state index < -0.39 is 18.1 Å². The predicted octanol–water partition coefficient (Wildman–Crippen LogP) is 4.47. The van der Waals surface area contributed by atoms with Crippen LogP contribution in [-0.2, 0) is 16.1 Å². The third-order valence-corrected chi connectivity index (χ3v) is 7.04. The molecule has 8 nitrogen and oxygen atoms in total. The molecule has 2 aromatic carbocycles. The van der Waals surface area contributed by atoms with E-state index in [1.807, 2.05) is 31.2 Å². The Kier molecular flexibility index (Phi) is 7.45. The minimum absolute atomic E-state index is 0.00241. The molecule has 1 heterocycles. The number of carbonyl (C=O) groups excluding carboxylic acids is 2. The maximum Gasteiger partial charge on any atom is 0.407 e. The number of carboxylic acid groups (broad SMARTS) is 1. The van der Waals surface area contributed by atoms with Crippen molar-refractivity contribution in [3.63, 3.8) is 0 Å². The molecule has 2 amide bonds. The van der Waals surface area contributed by atoms with Gasteiger partial charge in [0.2, 0.25) is 5.91 Å². The molecule has 35 heavy (non-hydrogen) atoms. The highest BCUT2D eigenvalue weighted by Gasteiger charge is 2.29. The maximum absolute atomic E-state index is 12.5. The fraction of sp³-hybridized carbons (Fsp3) is 0.308. The normalized spacial score (nSPS) is 13.0. The van der Waals surface area contributed by atoms with Crippen molar-refractivity contribution in [3.05, 3.63) is 75.2 Å². The minimum atomic E-state index is -1.09. The van der Waals surface area contributed by atoms with E-state index in [1.54, 1.807) is 6.92 Å². The van der Waals surface area contributed by atoms with Gasteiger partial charge in [0.1, 0.15) is 11.6 Å². The van der Waals surface area contributed by atoms with E-state index in [-0.39, 0.29) is 37.1 Å². The molecular weight excluding hydrogens is 466 g/mol. The predicted molar refractivity (Wildman–Crippen MR) is 133 cm³/mol. The number of carbonyl (C=O) groups is 3. The lowest BCUT2D eigenvalue weighted by Gasteiger charge is -2.18. The molecule has 0 spiro atoms. The quantitative estimate of drug-likeness (QED) is 0.405. The standard InChI is InChI=1S/C26H27N3O5S/c1-3-16(12-22(30)27-13-23-29-24(25(31)32)15(2)35-23)28-26(33)34-14-21-19-10-6-4-8-17(19)18-9-5-7-11-20(18)21/h4-11,16,21H,3,12-14H2,1-2H3,(H,27,30)(H,28,33)(H,31,32)/t16-/m0/s1. The van der Waals surface area contributed by atoms with Gasteiger partial charge >= 0.3 is 12.1 Å². The van der Waals surface area contributed by atoms with Crippen molar-refractivity contribution in [1.82, 2.24) is 15.6 Å². The van der Waals surface area contributed by atoms with Crippen molar-refractivity contribution in [2.24, 2.45) is 0 Å². The van der Waals surface area contributed by atoms with Gasteiger partial charge in [0.15, 0.2) is 5.69 Å². The SMILES string of the molecule is CC[C@@H](CC(=O)NCc1nc(C(=O)O)c(C)s1)NC(=O)OCC1c2ccccc2-c2ccccc21. The highest BCUT2D eigenvalue weighted by atomic mass is 32.1. The molecular formula is C26H27N3O5S. The molecule has 1 atom stereocenters. The van der Waals surface area contributed by atoms with E-state index in [9.17, 15) is 14.4 Å². The van der Waals surface area contributed by atoms with Crippen LogP contribution in [0.3, 0.4) is 0 Å². The highest BCUT2D eigenvalue weighted by molar-refractivity contribution is 7.11. The lowest BCUT2D eigenvalue weighted by Crippen LogP contribution is -2.39. The molecule has 0 saturated heterocycles. The van der Waals surface area contributed by atoms with Gasteiger partial charge in [-0.3, -0.25) is 4.79 Å². The smallest absolute Gasteiger partial charge is 0.407 e. The van der Waals surface area contributed by atoms with Gasteiger partial charge in [-0.25, -0.2) is 14.6 Å². The third kappa shape index (κ3) is 5.51. The summed E-state index contributed by atoms with van der Waals surface area (Å²) in [4.78, 5) is 40.7. The number of carboxylic acids is 1. The van der Waals surface area contributed by atoms with E-state index >= 15 is 0 Å². The average molecular weight is 494 g/mol. The average Bonchev–Trinajstić information content (AvgIpc) is 3.38. The van der Waals surface area contributed by atoms with Gasteiger partial charge in [-0.1, -0.05) is 55.5 Å². The van der Waals surface area contributed by atoms with E-state index in [0.29, 0.717) is 16.3 Å². The number of rotatable bonds is 9. The molecule has 4 rings (SSSR count). The van der Waals surface area contributed by atoms with Gasteiger partial charge in [-0.2, -0.15) is 0 Å². The van der Waals surface area contributed by atoms with Crippen LogP contribution in [0.2, 0.25) is 0 Å². The van der Waals surface area contributed by atoms with Crippen LogP contribution in [0.5, 0.6) is 0 Å². The van der Waals surface area contributed by atoms with Crippen LogP contribution in [0.4, 0.5) is 4.79 Å². The van der Waals surface area contributed by atoms with E-state index in [0.717, 1.165) is 22.3 Å². The van der Waals surface area contributed by atoms with Gasteiger partial charge in [0.05, 0.1) is 6.54 Å². The Labute approximate surface area is 207 Å². The fourth-order valence-electron chi connectivity index (χ4n) is 4.30. The summed E-state index contributed by atoms with van der Waals surface area (Å²) in [7, 11) is 0. The van der Waals surface area contributed by atoms with E-state index in [4.69, 9.17) is 9.84 Å². The molecule has 9 heteroatoms. The summed E-state index contributed by atoms with van der Waals surface area (Å²) in [6, 6.07) is 15.9. The monoisotopic (exact) mass is 493 g/mol. The van der Waals surface area contributed by atoms with Crippen LogP contribution in [0, 0.1) is 6.92 Å². The second kappa shape index (κ2) is 10.7. The number of nitrogens with one attached hydrogen (secondary N) is 2. The van der Waals surface area contributed by atoms with Crippen LogP contribution in [0.1, 0.15) is 57.2 Å². The first-order chi connectivity index (χ1) is 16.9. The van der Waals surface area contributed by atoms with Crippen molar-refractivity contribution in [2.45, 2.75) is 45.2 Å². The third-order valence-electron chi connectivity index (χ3n) is 6.07. The Morgan fingerprint density at radius 2 is 1.71 bits per heavy atom. The Morgan fingerprint density at radius 1 is 1.09 bits per heavy atom. The molecule has 3 N–H and O–H groups in total. The molecule has 0 fully saturated rings. The fourth-order valence-corrected chi connectivity index (χ4v) is 5.16. The zero-order valence-electron chi connectivity index (χ0n) is 19.5. The molecule has 0 radical (unpaired) electrons. The zero-order chi connectivity index (χ0) is 24.9. The van der Waals surface area contributed by atoms with Gasteiger partial charge < -0.3 is 20.5 Å².